The van der Waals surface area contributed by atoms with E-state index in [2.05, 4.69) is 71.8 Å². The maximum Gasteiger partial charge on any atom is 0.358 e. The molecule has 4 saturated carbocycles. The molecule has 4 aliphatic carbocycles. The summed E-state index contributed by atoms with van der Waals surface area (Å²) in [4.78, 5) is 30.6. The fourth-order valence-electron chi connectivity index (χ4n) is 13.1. The van der Waals surface area contributed by atoms with E-state index in [-0.39, 0.29) is 40.8 Å². The molecule has 75 heavy (non-hydrogen) atoms. The van der Waals surface area contributed by atoms with Crippen molar-refractivity contribution in [3.8, 4) is 16.9 Å². The minimum absolute atomic E-state index is 0.0111. The number of hydrogen-bond donors (Lipinski definition) is 1. The van der Waals surface area contributed by atoms with Gasteiger partial charge in [-0.1, -0.05) is 80.6 Å². The van der Waals surface area contributed by atoms with Gasteiger partial charge in [0.05, 0.1) is 42.3 Å². The number of aromatic nitrogens is 6. The Balaban J connectivity index is 1.06. The predicted molar refractivity (Wildman–Crippen MR) is 295 cm³/mol. The van der Waals surface area contributed by atoms with Gasteiger partial charge in [-0.25, -0.2) is 9.78 Å². The second-order valence-electron chi connectivity index (χ2n) is 23.3. The largest absolute Gasteiger partial charge is 0.497 e. The van der Waals surface area contributed by atoms with Gasteiger partial charge in [0.15, 0.2) is 22.1 Å². The van der Waals surface area contributed by atoms with Crippen LogP contribution in [0, 0.1) is 30.1 Å². The number of carbonyl (C=O) groups excluding carboxylic acids is 1. The zero-order valence-electron chi connectivity index (χ0n) is 45.0. The number of unbranched alkanes of at least 4 members (excludes halogenated alkanes) is 2. The molecular formula is C56H73N11O6SSi. The Morgan fingerprint density at radius 1 is 0.920 bits per heavy atom. The molecule has 4 heterocycles. The number of azide groups is 1. The van der Waals surface area contributed by atoms with Crippen LogP contribution in [0.2, 0.25) is 25.7 Å². The summed E-state index contributed by atoms with van der Waals surface area (Å²) < 4.78 is 29.6. The lowest BCUT2D eigenvalue weighted by atomic mass is 9.39. The SMILES string of the molecule is COc1ccc(COC(=O)c2nc(N(CCCCCN=[N+]=[N-])c3cc(C)c(/N=c4\sc5ccccc5n4COCC[Si](C)(C)C)nn3)ccc2-c2cnn(CC34CC5(C)CC(C)(C3)CC(OCCO)(C5)C4)c2C)cc1. The van der Waals surface area contributed by atoms with Crippen molar-refractivity contribution in [3.63, 3.8) is 0 Å². The number of hydrogen-bond acceptors (Lipinski definition) is 14. The van der Waals surface area contributed by atoms with Crippen LogP contribution in [0.4, 0.5) is 17.5 Å². The molecule has 19 heteroatoms. The van der Waals surface area contributed by atoms with E-state index in [0.717, 1.165) is 88.5 Å². The van der Waals surface area contributed by atoms with Crippen molar-refractivity contribution in [2.24, 2.45) is 26.4 Å². The van der Waals surface area contributed by atoms with Crippen LogP contribution >= 0.6 is 11.3 Å². The standard InChI is InChI=1S/C56H73N11O6SSi/c1-39-28-48(62-63-50(39)61-52-66(38-71-26-27-75(6,7)8)45-14-10-11-15-46(45)74-52)65(23-13-9-12-22-58-64-57)47-21-20-43(49(60-47)51(69)72-30-41-16-18-42(70-5)19-17-41)44-29-59-67(40(44)2)37-55-32-53(3)31-54(4,33-55)35-56(34-53,36-55)73-25-24-68/h10-11,14-21,28-29,68H,9,12-13,22-27,30-38H2,1-8H3/b61-52-. The number of benzene rings is 2. The summed E-state index contributed by atoms with van der Waals surface area (Å²) in [5.74, 6) is 1.65. The first-order chi connectivity index (χ1) is 35.9. The number of carbonyl (C=O) groups is 1. The normalized spacial score (nSPS) is 22.2. The fourth-order valence-corrected chi connectivity index (χ4v) is 14.9. The topological polar surface area (TPSA) is 200 Å². The molecule has 0 radical (unpaired) electrons. The summed E-state index contributed by atoms with van der Waals surface area (Å²) in [5, 5.41) is 28.1. The maximum absolute atomic E-state index is 14.6. The van der Waals surface area contributed by atoms with E-state index >= 15 is 0 Å². The first kappa shape index (κ1) is 53.9. The third-order valence-corrected chi connectivity index (χ3v) is 18.1. The van der Waals surface area contributed by atoms with Crippen molar-refractivity contribution >= 4 is 53.1 Å². The number of nitrogens with zero attached hydrogens (tertiary/aromatic N) is 11. The Morgan fingerprint density at radius 2 is 1.69 bits per heavy atom. The zero-order valence-corrected chi connectivity index (χ0v) is 46.8. The van der Waals surface area contributed by atoms with Crippen molar-refractivity contribution in [1.82, 2.24) is 29.5 Å². The van der Waals surface area contributed by atoms with E-state index < -0.39 is 14.0 Å². The van der Waals surface area contributed by atoms with Crippen LogP contribution in [0.25, 0.3) is 31.8 Å². The van der Waals surface area contributed by atoms with Gasteiger partial charge in [-0.3, -0.25) is 9.25 Å². The molecule has 0 spiro atoms. The number of aliphatic hydroxyl groups is 1. The molecule has 4 aromatic heterocycles. The molecule has 0 amide bonds. The average molecular weight is 1060 g/mol. The molecule has 2 atom stereocenters. The zero-order chi connectivity index (χ0) is 53.0. The van der Waals surface area contributed by atoms with E-state index in [9.17, 15) is 9.90 Å². The van der Waals surface area contributed by atoms with Gasteiger partial charge in [0.1, 0.15) is 24.9 Å². The molecule has 2 unspecified atom stereocenters. The molecule has 4 bridgehead atoms. The van der Waals surface area contributed by atoms with Gasteiger partial charge in [0.2, 0.25) is 0 Å². The Bertz CT molecular complexity index is 3110. The molecule has 4 aliphatic rings. The molecular weight excluding hydrogens is 983 g/mol. The molecule has 4 fully saturated rings. The maximum atomic E-state index is 14.6. The fraction of sp³-hybridized carbons (Fsp3) is 0.536. The number of anilines is 2. The highest BCUT2D eigenvalue weighted by molar-refractivity contribution is 7.16. The summed E-state index contributed by atoms with van der Waals surface area (Å²) >= 11 is 1.58. The van der Waals surface area contributed by atoms with Crippen LogP contribution in [0.15, 0.2) is 83.0 Å². The molecule has 0 aliphatic heterocycles. The molecule has 17 nitrogen and oxygen atoms in total. The quantitative estimate of drug-likeness (QED) is 0.0151. The Kier molecular flexibility index (Phi) is 16.0. The lowest BCUT2D eigenvalue weighted by molar-refractivity contribution is -0.250. The number of aryl methyl sites for hydroxylation is 1. The van der Waals surface area contributed by atoms with Crippen molar-refractivity contribution < 1.29 is 28.8 Å². The molecule has 1 N–H and O–H groups in total. The van der Waals surface area contributed by atoms with Crippen molar-refractivity contribution in [2.45, 2.75) is 137 Å². The third-order valence-electron chi connectivity index (χ3n) is 15.3. The van der Waals surface area contributed by atoms with Crippen LogP contribution in [0.1, 0.15) is 98.9 Å². The van der Waals surface area contributed by atoms with E-state index in [4.69, 9.17) is 49.8 Å². The van der Waals surface area contributed by atoms with Crippen molar-refractivity contribution in [2.75, 3.05) is 44.9 Å². The van der Waals surface area contributed by atoms with Crippen LogP contribution in [-0.4, -0.2) is 94.3 Å². The average Bonchev–Trinajstić information content (AvgIpc) is 3.93. The predicted octanol–water partition coefficient (Wildman–Crippen LogP) is 12.0. The van der Waals surface area contributed by atoms with Gasteiger partial charge in [-0.05, 0) is 147 Å². The number of fused-ring (bicyclic) bond motifs is 1. The number of esters is 1. The lowest BCUT2D eigenvalue weighted by Gasteiger charge is -2.69. The van der Waals surface area contributed by atoms with Gasteiger partial charge >= 0.3 is 5.97 Å². The molecule has 0 saturated heterocycles. The Hall–Kier alpha value is -5.95. The monoisotopic (exact) mass is 1060 g/mol. The van der Waals surface area contributed by atoms with Gasteiger partial charge < -0.3 is 29.0 Å². The van der Waals surface area contributed by atoms with Crippen LogP contribution < -0.4 is 14.4 Å². The first-order valence-corrected chi connectivity index (χ1v) is 30.9. The number of thiazole rings is 1. The number of ether oxygens (including phenoxy) is 4. The lowest BCUT2D eigenvalue weighted by Crippen LogP contribution is -2.64. The number of pyridine rings is 1. The van der Waals surface area contributed by atoms with E-state index in [1.54, 1.807) is 18.4 Å². The van der Waals surface area contributed by atoms with Crippen LogP contribution in [0.5, 0.6) is 5.75 Å². The summed E-state index contributed by atoms with van der Waals surface area (Å²) in [5.41, 5.74) is 14.1. The van der Waals surface area contributed by atoms with Crippen LogP contribution in [-0.2, 0) is 34.1 Å². The first-order valence-electron chi connectivity index (χ1n) is 26.4. The summed E-state index contributed by atoms with van der Waals surface area (Å²) in [6.07, 6.45) is 10.4. The van der Waals surface area contributed by atoms with E-state index in [1.165, 1.54) is 6.42 Å². The number of para-hydroxylation sites is 1. The van der Waals surface area contributed by atoms with Gasteiger partial charge in [0.25, 0.3) is 0 Å². The highest BCUT2D eigenvalue weighted by Gasteiger charge is 2.66. The third kappa shape index (κ3) is 12.3. The molecule has 398 valence electrons. The molecule has 6 aromatic rings. The number of aliphatic hydroxyl groups excluding tert-OH is 1. The van der Waals surface area contributed by atoms with Crippen molar-refractivity contribution in [3.05, 3.63) is 111 Å². The second kappa shape index (κ2) is 22.3. The molecule has 2 aromatic carbocycles. The Morgan fingerprint density at radius 3 is 2.41 bits per heavy atom. The Labute approximate surface area is 445 Å². The molecule has 10 rings (SSSR count). The number of rotatable bonds is 24. The smallest absolute Gasteiger partial charge is 0.358 e. The number of methoxy groups -OCH3 is 1. The summed E-state index contributed by atoms with van der Waals surface area (Å²) in [7, 11) is 0.339. The van der Waals surface area contributed by atoms with E-state index in [0.29, 0.717) is 74.6 Å². The minimum Gasteiger partial charge on any atom is -0.497 e. The van der Waals surface area contributed by atoms with Gasteiger partial charge in [0, 0.05) is 56.0 Å². The van der Waals surface area contributed by atoms with E-state index in [1.807, 2.05) is 72.6 Å². The highest BCUT2D eigenvalue weighted by Crippen LogP contribution is 2.72. The summed E-state index contributed by atoms with van der Waals surface area (Å²) in [6.45, 7) is 19.0. The van der Waals surface area contributed by atoms with Gasteiger partial charge in [-0.2, -0.15) is 10.1 Å². The van der Waals surface area contributed by atoms with Crippen LogP contribution in [0.3, 0.4) is 0 Å². The summed E-state index contributed by atoms with van der Waals surface area (Å²) in [6, 6.07) is 22.6. The van der Waals surface area contributed by atoms with Crippen molar-refractivity contribution in [1.29, 1.82) is 0 Å². The highest BCUT2D eigenvalue weighted by atomic mass is 32.1. The minimum atomic E-state index is -1.28. The second-order valence-corrected chi connectivity index (χ2v) is 30.0. The van der Waals surface area contributed by atoms with Gasteiger partial charge in [-0.15, -0.1) is 10.2 Å².